The SMILES string of the molecule is OC(CCBr)C(O)c1cccc(C(F)(F)F)c1. The van der Waals surface area contributed by atoms with Gasteiger partial charge >= 0.3 is 6.18 Å². The number of hydrogen-bond donors (Lipinski definition) is 2. The summed E-state index contributed by atoms with van der Waals surface area (Å²) in [4.78, 5) is 0. The molecule has 2 atom stereocenters. The number of benzene rings is 1. The van der Waals surface area contributed by atoms with Crippen LogP contribution in [0, 0.1) is 0 Å². The van der Waals surface area contributed by atoms with Gasteiger partial charge in [-0.1, -0.05) is 28.1 Å². The van der Waals surface area contributed by atoms with Crippen molar-refractivity contribution in [2.75, 3.05) is 5.33 Å². The summed E-state index contributed by atoms with van der Waals surface area (Å²) in [5, 5.41) is 19.6. The van der Waals surface area contributed by atoms with Crippen LogP contribution in [0.2, 0.25) is 0 Å². The van der Waals surface area contributed by atoms with E-state index in [0.717, 1.165) is 12.1 Å². The Morgan fingerprint density at radius 3 is 2.41 bits per heavy atom. The second-order valence-electron chi connectivity index (χ2n) is 3.61. The van der Waals surface area contributed by atoms with Gasteiger partial charge in [0.1, 0.15) is 6.10 Å². The zero-order valence-electron chi connectivity index (χ0n) is 8.78. The molecule has 0 spiro atoms. The summed E-state index contributed by atoms with van der Waals surface area (Å²) >= 11 is 3.09. The second-order valence-corrected chi connectivity index (χ2v) is 4.41. The average Bonchev–Trinajstić information content (AvgIpc) is 2.27. The van der Waals surface area contributed by atoms with Crippen LogP contribution < -0.4 is 0 Å². The fourth-order valence-corrected chi connectivity index (χ4v) is 1.86. The molecule has 1 rings (SSSR count). The van der Waals surface area contributed by atoms with E-state index in [1.165, 1.54) is 12.1 Å². The first-order chi connectivity index (χ1) is 7.86. The Bertz CT molecular complexity index is 368. The number of hydrogen-bond acceptors (Lipinski definition) is 2. The maximum atomic E-state index is 12.4. The lowest BCUT2D eigenvalue weighted by Crippen LogP contribution is -2.19. The zero-order chi connectivity index (χ0) is 13.1. The predicted octanol–water partition coefficient (Wildman–Crippen LogP) is 2.88. The molecule has 0 saturated carbocycles. The minimum atomic E-state index is -4.45. The summed E-state index contributed by atoms with van der Waals surface area (Å²) in [6, 6.07) is 4.34. The highest BCUT2D eigenvalue weighted by molar-refractivity contribution is 9.09. The van der Waals surface area contributed by atoms with Crippen LogP contribution in [0.5, 0.6) is 0 Å². The first kappa shape index (κ1) is 14.5. The molecule has 0 aliphatic carbocycles. The molecular formula is C11H12BrF3O2. The van der Waals surface area contributed by atoms with Crippen LogP contribution >= 0.6 is 15.9 Å². The van der Waals surface area contributed by atoms with Crippen LogP contribution in [-0.2, 0) is 6.18 Å². The Labute approximate surface area is 105 Å². The summed E-state index contributed by atoms with van der Waals surface area (Å²) in [5.74, 6) is 0. The third-order valence-electron chi connectivity index (χ3n) is 2.32. The Balaban J connectivity index is 2.92. The monoisotopic (exact) mass is 312 g/mol. The molecule has 0 radical (unpaired) electrons. The van der Waals surface area contributed by atoms with E-state index in [0.29, 0.717) is 5.33 Å². The highest BCUT2D eigenvalue weighted by atomic mass is 79.9. The minimum absolute atomic E-state index is 0.0632. The largest absolute Gasteiger partial charge is 0.416 e. The molecule has 0 saturated heterocycles. The lowest BCUT2D eigenvalue weighted by Gasteiger charge is -2.18. The smallest absolute Gasteiger partial charge is 0.390 e. The maximum absolute atomic E-state index is 12.4. The number of aliphatic hydroxyl groups excluding tert-OH is 2. The standard InChI is InChI=1S/C11H12BrF3O2/c12-5-4-9(16)10(17)7-2-1-3-8(6-7)11(13,14)15/h1-3,6,9-10,16-17H,4-5H2. The van der Waals surface area contributed by atoms with Gasteiger partial charge in [0.2, 0.25) is 0 Å². The molecule has 0 aromatic heterocycles. The highest BCUT2D eigenvalue weighted by Gasteiger charge is 2.31. The van der Waals surface area contributed by atoms with Crippen LogP contribution in [-0.4, -0.2) is 21.6 Å². The zero-order valence-corrected chi connectivity index (χ0v) is 10.4. The Morgan fingerprint density at radius 2 is 1.88 bits per heavy atom. The molecule has 1 aromatic rings. The van der Waals surface area contributed by atoms with Gasteiger partial charge in [-0.25, -0.2) is 0 Å². The molecule has 0 heterocycles. The summed E-state index contributed by atoms with van der Waals surface area (Å²) in [6.07, 6.45) is -6.58. The minimum Gasteiger partial charge on any atom is -0.390 e. The van der Waals surface area contributed by atoms with Crippen molar-refractivity contribution in [1.29, 1.82) is 0 Å². The van der Waals surface area contributed by atoms with Crippen LogP contribution in [0.25, 0.3) is 0 Å². The van der Waals surface area contributed by atoms with Crippen molar-refractivity contribution in [3.05, 3.63) is 35.4 Å². The molecule has 0 fully saturated rings. The molecule has 6 heteroatoms. The molecule has 0 aliphatic heterocycles. The van der Waals surface area contributed by atoms with E-state index < -0.39 is 23.9 Å². The Morgan fingerprint density at radius 1 is 1.24 bits per heavy atom. The first-order valence-electron chi connectivity index (χ1n) is 4.95. The fourth-order valence-electron chi connectivity index (χ4n) is 1.39. The van der Waals surface area contributed by atoms with Crippen LogP contribution in [0.15, 0.2) is 24.3 Å². The van der Waals surface area contributed by atoms with Crippen molar-refractivity contribution in [1.82, 2.24) is 0 Å². The van der Waals surface area contributed by atoms with E-state index in [1.54, 1.807) is 0 Å². The molecule has 2 nitrogen and oxygen atoms in total. The van der Waals surface area contributed by atoms with Gasteiger partial charge in [-0.15, -0.1) is 0 Å². The molecule has 2 N–H and O–H groups in total. The van der Waals surface area contributed by atoms with Gasteiger partial charge in [-0.05, 0) is 24.1 Å². The van der Waals surface area contributed by atoms with Gasteiger partial charge in [0.25, 0.3) is 0 Å². The number of aliphatic hydroxyl groups is 2. The third-order valence-corrected chi connectivity index (χ3v) is 2.78. The molecular weight excluding hydrogens is 301 g/mol. The molecule has 17 heavy (non-hydrogen) atoms. The van der Waals surface area contributed by atoms with Crippen LogP contribution in [0.4, 0.5) is 13.2 Å². The number of halogens is 4. The highest BCUT2D eigenvalue weighted by Crippen LogP contribution is 2.31. The van der Waals surface area contributed by atoms with E-state index in [1.807, 2.05) is 0 Å². The fraction of sp³-hybridized carbons (Fsp3) is 0.455. The first-order valence-corrected chi connectivity index (χ1v) is 6.07. The van der Waals surface area contributed by atoms with Crippen molar-refractivity contribution >= 4 is 15.9 Å². The normalized spacial score (nSPS) is 15.6. The van der Waals surface area contributed by atoms with Gasteiger partial charge in [-0.3, -0.25) is 0 Å². The van der Waals surface area contributed by atoms with Crippen molar-refractivity contribution in [3.63, 3.8) is 0 Å². The summed E-state index contributed by atoms with van der Waals surface area (Å²) in [6.45, 7) is 0. The Kier molecular flexibility index (Phi) is 4.97. The number of alkyl halides is 4. The van der Waals surface area contributed by atoms with E-state index in [-0.39, 0.29) is 12.0 Å². The van der Waals surface area contributed by atoms with Crippen LogP contribution in [0.1, 0.15) is 23.7 Å². The number of rotatable bonds is 4. The summed E-state index contributed by atoms with van der Waals surface area (Å²) in [7, 11) is 0. The molecule has 0 aliphatic rings. The maximum Gasteiger partial charge on any atom is 0.416 e. The molecule has 0 bridgehead atoms. The van der Waals surface area contributed by atoms with Gasteiger partial charge in [0.15, 0.2) is 0 Å². The second kappa shape index (κ2) is 5.84. The summed E-state index contributed by atoms with van der Waals surface area (Å²) < 4.78 is 37.3. The van der Waals surface area contributed by atoms with E-state index in [4.69, 9.17) is 0 Å². The third kappa shape index (κ3) is 3.97. The molecule has 2 unspecified atom stereocenters. The van der Waals surface area contributed by atoms with Crippen molar-refractivity contribution in [3.8, 4) is 0 Å². The summed E-state index contributed by atoms with van der Waals surface area (Å²) in [5.41, 5.74) is -0.770. The van der Waals surface area contributed by atoms with Crippen molar-refractivity contribution < 1.29 is 23.4 Å². The van der Waals surface area contributed by atoms with Gasteiger partial charge in [-0.2, -0.15) is 13.2 Å². The molecule has 96 valence electrons. The topological polar surface area (TPSA) is 40.5 Å². The van der Waals surface area contributed by atoms with E-state index in [9.17, 15) is 23.4 Å². The molecule has 0 amide bonds. The van der Waals surface area contributed by atoms with Crippen LogP contribution in [0.3, 0.4) is 0 Å². The van der Waals surface area contributed by atoms with E-state index >= 15 is 0 Å². The Hall–Kier alpha value is -0.590. The van der Waals surface area contributed by atoms with Crippen molar-refractivity contribution in [2.45, 2.75) is 24.8 Å². The van der Waals surface area contributed by atoms with Crippen molar-refractivity contribution in [2.24, 2.45) is 0 Å². The van der Waals surface area contributed by atoms with E-state index in [2.05, 4.69) is 15.9 Å². The molecule has 1 aromatic carbocycles. The quantitative estimate of drug-likeness (QED) is 0.839. The van der Waals surface area contributed by atoms with Gasteiger partial charge in [0, 0.05) is 5.33 Å². The lowest BCUT2D eigenvalue weighted by atomic mass is 10.0. The average molecular weight is 313 g/mol. The predicted molar refractivity (Wildman–Crippen MR) is 60.8 cm³/mol. The lowest BCUT2D eigenvalue weighted by molar-refractivity contribution is -0.137. The van der Waals surface area contributed by atoms with Gasteiger partial charge in [0.05, 0.1) is 11.7 Å². The van der Waals surface area contributed by atoms with Gasteiger partial charge < -0.3 is 10.2 Å².